The molecule has 0 aliphatic heterocycles. The summed E-state index contributed by atoms with van der Waals surface area (Å²) in [6.07, 6.45) is 1.44. The largest absolute Gasteiger partial charge is 0.419 e. The average Bonchev–Trinajstić information content (AvgIpc) is 2.73. The first kappa shape index (κ1) is 15.3. The molecule has 114 valence electrons. The Morgan fingerprint density at radius 1 is 1.48 bits per heavy atom. The van der Waals surface area contributed by atoms with Crippen LogP contribution in [0.1, 0.15) is 26.7 Å². The van der Waals surface area contributed by atoms with Crippen LogP contribution in [0.25, 0.3) is 11.1 Å². The fraction of sp³-hybridized carbons (Fsp3) is 0.467. The number of anilines is 1. The number of carbonyl (C=O) groups excluding carboxylic acids is 1. The second-order valence-corrected chi connectivity index (χ2v) is 4.97. The minimum absolute atomic E-state index is 0.219. The van der Waals surface area contributed by atoms with Crippen LogP contribution >= 0.6 is 0 Å². The van der Waals surface area contributed by atoms with Gasteiger partial charge in [-0.05, 0) is 25.5 Å². The van der Waals surface area contributed by atoms with E-state index in [1.165, 1.54) is 4.57 Å². The Kier molecular flexibility index (Phi) is 4.80. The highest BCUT2D eigenvalue weighted by atomic mass is 16.5. The van der Waals surface area contributed by atoms with Gasteiger partial charge in [-0.25, -0.2) is 4.79 Å². The first-order chi connectivity index (χ1) is 10.0. The molecule has 1 N–H and O–H groups in total. The van der Waals surface area contributed by atoms with Crippen LogP contribution in [0.3, 0.4) is 0 Å². The highest BCUT2D eigenvalue weighted by Gasteiger charge is 2.14. The molecule has 0 bridgehead atoms. The van der Waals surface area contributed by atoms with Crippen LogP contribution in [-0.2, 0) is 16.6 Å². The number of fused-ring (bicyclic) bond motifs is 1. The Morgan fingerprint density at radius 3 is 2.95 bits per heavy atom. The maximum Gasteiger partial charge on any atom is 0.419 e. The van der Waals surface area contributed by atoms with Gasteiger partial charge < -0.3 is 14.5 Å². The molecule has 0 fully saturated rings. The van der Waals surface area contributed by atoms with Crippen molar-refractivity contribution in [2.75, 3.05) is 11.9 Å². The maximum atomic E-state index is 12.0. The van der Waals surface area contributed by atoms with Crippen molar-refractivity contribution < 1.29 is 13.9 Å². The maximum absolute atomic E-state index is 12.0. The third-order valence-electron chi connectivity index (χ3n) is 3.29. The summed E-state index contributed by atoms with van der Waals surface area (Å²) >= 11 is 0. The predicted octanol–water partition coefficient (Wildman–Crippen LogP) is 2.28. The standard InChI is InChI=1S/C15H20N2O4/c1-4-5-8-20-10(2)14(18)16-11-6-7-12-13(9-11)21-15(19)17(12)3/h6-7,9-10H,4-5,8H2,1-3H3,(H,16,18). The Bertz CT molecular complexity index is 687. The number of rotatable bonds is 6. The average molecular weight is 292 g/mol. The molecule has 6 heteroatoms. The molecule has 0 aliphatic rings. The summed E-state index contributed by atoms with van der Waals surface area (Å²) in [6.45, 7) is 4.35. The quantitative estimate of drug-likeness (QED) is 0.829. The third-order valence-corrected chi connectivity index (χ3v) is 3.29. The lowest BCUT2D eigenvalue weighted by molar-refractivity contribution is -0.126. The Balaban J connectivity index is 2.05. The van der Waals surface area contributed by atoms with Gasteiger partial charge >= 0.3 is 5.76 Å². The van der Waals surface area contributed by atoms with Gasteiger partial charge in [0.25, 0.3) is 5.91 Å². The van der Waals surface area contributed by atoms with Crippen LogP contribution < -0.4 is 11.1 Å². The zero-order valence-electron chi connectivity index (χ0n) is 12.5. The first-order valence-electron chi connectivity index (χ1n) is 7.05. The highest BCUT2D eigenvalue weighted by Crippen LogP contribution is 2.18. The van der Waals surface area contributed by atoms with E-state index >= 15 is 0 Å². The molecule has 1 atom stereocenters. The van der Waals surface area contributed by atoms with E-state index in [0.717, 1.165) is 12.8 Å². The topological polar surface area (TPSA) is 73.5 Å². The number of unbranched alkanes of at least 4 members (excludes halogenated alkanes) is 1. The number of aryl methyl sites for hydroxylation is 1. The van der Waals surface area contributed by atoms with Crippen molar-refractivity contribution in [3.8, 4) is 0 Å². The van der Waals surface area contributed by atoms with E-state index in [0.29, 0.717) is 23.4 Å². The van der Waals surface area contributed by atoms with E-state index in [1.807, 2.05) is 0 Å². The summed E-state index contributed by atoms with van der Waals surface area (Å²) in [7, 11) is 1.63. The molecule has 2 rings (SSSR count). The molecule has 6 nitrogen and oxygen atoms in total. The predicted molar refractivity (Wildman–Crippen MR) is 80.4 cm³/mol. The van der Waals surface area contributed by atoms with E-state index in [2.05, 4.69) is 12.2 Å². The lowest BCUT2D eigenvalue weighted by Gasteiger charge is -2.13. The normalized spacial score (nSPS) is 12.5. The number of hydrogen-bond acceptors (Lipinski definition) is 4. The fourth-order valence-corrected chi connectivity index (χ4v) is 1.94. The van der Waals surface area contributed by atoms with Crippen LogP contribution in [0.2, 0.25) is 0 Å². The van der Waals surface area contributed by atoms with Gasteiger partial charge in [-0.3, -0.25) is 9.36 Å². The van der Waals surface area contributed by atoms with E-state index < -0.39 is 11.9 Å². The zero-order valence-corrected chi connectivity index (χ0v) is 12.5. The van der Waals surface area contributed by atoms with Gasteiger partial charge in [-0.2, -0.15) is 0 Å². The van der Waals surface area contributed by atoms with Gasteiger partial charge in [0.1, 0.15) is 6.10 Å². The van der Waals surface area contributed by atoms with Crippen molar-refractivity contribution in [2.45, 2.75) is 32.8 Å². The molecule has 1 aromatic carbocycles. The van der Waals surface area contributed by atoms with Crippen LogP contribution in [0, 0.1) is 0 Å². The summed E-state index contributed by atoms with van der Waals surface area (Å²) in [5.41, 5.74) is 1.71. The van der Waals surface area contributed by atoms with Gasteiger partial charge in [0.2, 0.25) is 0 Å². The van der Waals surface area contributed by atoms with Crippen molar-refractivity contribution >= 4 is 22.7 Å². The third kappa shape index (κ3) is 3.52. The monoisotopic (exact) mass is 292 g/mol. The van der Waals surface area contributed by atoms with E-state index in [4.69, 9.17) is 9.15 Å². The summed E-state index contributed by atoms with van der Waals surface area (Å²) in [5.74, 6) is -0.645. The number of amides is 1. The van der Waals surface area contributed by atoms with Crippen LogP contribution in [0.4, 0.5) is 5.69 Å². The minimum Gasteiger partial charge on any atom is -0.408 e. The zero-order chi connectivity index (χ0) is 15.4. The lowest BCUT2D eigenvalue weighted by Crippen LogP contribution is -2.28. The van der Waals surface area contributed by atoms with E-state index in [1.54, 1.807) is 32.2 Å². The summed E-state index contributed by atoms with van der Waals surface area (Å²) < 4.78 is 11.9. The van der Waals surface area contributed by atoms with Gasteiger partial charge in [-0.1, -0.05) is 13.3 Å². The van der Waals surface area contributed by atoms with Gasteiger partial charge in [-0.15, -0.1) is 0 Å². The second kappa shape index (κ2) is 6.58. The highest BCUT2D eigenvalue weighted by molar-refractivity contribution is 5.95. The summed E-state index contributed by atoms with van der Waals surface area (Å²) in [4.78, 5) is 23.4. The molecule has 1 aromatic heterocycles. The number of benzene rings is 1. The molecular formula is C15H20N2O4. The molecule has 1 amide bonds. The van der Waals surface area contributed by atoms with Gasteiger partial charge in [0.15, 0.2) is 5.58 Å². The van der Waals surface area contributed by atoms with Crippen LogP contribution in [-0.4, -0.2) is 23.2 Å². The Hall–Kier alpha value is -2.08. The summed E-state index contributed by atoms with van der Waals surface area (Å²) in [5, 5.41) is 2.75. The molecule has 0 aliphatic carbocycles. The van der Waals surface area contributed by atoms with Gasteiger partial charge in [0.05, 0.1) is 5.52 Å². The van der Waals surface area contributed by atoms with Crippen molar-refractivity contribution in [2.24, 2.45) is 7.05 Å². The number of nitrogens with zero attached hydrogens (tertiary/aromatic N) is 1. The lowest BCUT2D eigenvalue weighted by atomic mass is 10.2. The van der Waals surface area contributed by atoms with Crippen molar-refractivity contribution in [1.29, 1.82) is 0 Å². The Labute approximate surface area is 122 Å². The molecular weight excluding hydrogens is 272 g/mol. The molecule has 1 unspecified atom stereocenters. The molecule has 2 aromatic rings. The van der Waals surface area contributed by atoms with Crippen molar-refractivity contribution in [3.05, 3.63) is 28.7 Å². The number of hydrogen-bond donors (Lipinski definition) is 1. The number of carbonyl (C=O) groups is 1. The Morgan fingerprint density at radius 2 is 2.24 bits per heavy atom. The molecule has 0 spiro atoms. The molecule has 0 saturated carbocycles. The minimum atomic E-state index is -0.518. The number of nitrogens with one attached hydrogen (secondary N) is 1. The SMILES string of the molecule is CCCCOC(C)C(=O)Nc1ccc2c(c1)oc(=O)n2C. The van der Waals surface area contributed by atoms with E-state index in [9.17, 15) is 9.59 Å². The molecule has 0 radical (unpaired) electrons. The number of ether oxygens (including phenoxy) is 1. The van der Waals surface area contributed by atoms with E-state index in [-0.39, 0.29) is 5.91 Å². The smallest absolute Gasteiger partial charge is 0.408 e. The molecule has 1 heterocycles. The van der Waals surface area contributed by atoms with Gasteiger partial charge in [0, 0.05) is 25.4 Å². The van der Waals surface area contributed by atoms with Crippen LogP contribution in [0.5, 0.6) is 0 Å². The molecule has 0 saturated heterocycles. The number of oxazole rings is 1. The number of aromatic nitrogens is 1. The second-order valence-electron chi connectivity index (χ2n) is 4.97. The van der Waals surface area contributed by atoms with Crippen molar-refractivity contribution in [1.82, 2.24) is 4.57 Å². The van der Waals surface area contributed by atoms with Crippen molar-refractivity contribution in [3.63, 3.8) is 0 Å². The first-order valence-corrected chi connectivity index (χ1v) is 7.05. The fourth-order valence-electron chi connectivity index (χ4n) is 1.94. The summed E-state index contributed by atoms with van der Waals surface area (Å²) in [6, 6.07) is 5.10. The van der Waals surface area contributed by atoms with Crippen LogP contribution in [0.15, 0.2) is 27.4 Å². The molecule has 21 heavy (non-hydrogen) atoms.